The summed E-state index contributed by atoms with van der Waals surface area (Å²) in [5.74, 6) is 0.711. The number of guanidine groups is 1. The SMILES string of the molecule is CN=C(NCCc1cccc(C(=O)NC)c1)NCc1c(C)cc(C)cc1C. The van der Waals surface area contributed by atoms with Crippen molar-refractivity contribution >= 4 is 11.9 Å². The van der Waals surface area contributed by atoms with Crippen molar-refractivity contribution < 1.29 is 4.79 Å². The number of carbonyl (C=O) groups is 1. The number of nitrogens with zero attached hydrogens (tertiary/aromatic N) is 1. The van der Waals surface area contributed by atoms with Crippen molar-refractivity contribution in [2.75, 3.05) is 20.6 Å². The van der Waals surface area contributed by atoms with Gasteiger partial charge in [0.2, 0.25) is 0 Å². The lowest BCUT2D eigenvalue weighted by Crippen LogP contribution is -2.38. The molecule has 3 N–H and O–H groups in total. The molecule has 2 aromatic rings. The van der Waals surface area contributed by atoms with Gasteiger partial charge in [0.25, 0.3) is 5.91 Å². The van der Waals surface area contributed by atoms with Crippen LogP contribution in [-0.4, -0.2) is 32.5 Å². The molecule has 2 rings (SSSR count). The Hall–Kier alpha value is -2.82. The van der Waals surface area contributed by atoms with E-state index in [2.05, 4.69) is 53.8 Å². The fourth-order valence-electron chi connectivity index (χ4n) is 3.22. The highest BCUT2D eigenvalue weighted by atomic mass is 16.1. The monoisotopic (exact) mass is 366 g/mol. The van der Waals surface area contributed by atoms with Crippen LogP contribution >= 0.6 is 0 Å². The lowest BCUT2D eigenvalue weighted by molar-refractivity contribution is 0.0963. The molecule has 0 aliphatic rings. The summed E-state index contributed by atoms with van der Waals surface area (Å²) in [6, 6.07) is 12.1. The predicted molar refractivity (Wildman–Crippen MR) is 112 cm³/mol. The van der Waals surface area contributed by atoms with Crippen LogP contribution in [0.1, 0.15) is 38.2 Å². The number of hydrogen-bond donors (Lipinski definition) is 3. The van der Waals surface area contributed by atoms with Gasteiger partial charge in [0.15, 0.2) is 5.96 Å². The summed E-state index contributed by atoms with van der Waals surface area (Å²) >= 11 is 0. The van der Waals surface area contributed by atoms with Gasteiger partial charge in [-0.3, -0.25) is 9.79 Å². The average molecular weight is 367 g/mol. The number of hydrogen-bond acceptors (Lipinski definition) is 2. The molecular formula is C22H30N4O. The van der Waals surface area contributed by atoms with Crippen LogP contribution in [0.2, 0.25) is 0 Å². The van der Waals surface area contributed by atoms with Crippen molar-refractivity contribution in [1.82, 2.24) is 16.0 Å². The van der Waals surface area contributed by atoms with E-state index in [1.165, 1.54) is 22.3 Å². The Morgan fingerprint density at radius 3 is 2.37 bits per heavy atom. The molecule has 0 saturated heterocycles. The molecule has 0 saturated carbocycles. The zero-order chi connectivity index (χ0) is 19.8. The highest BCUT2D eigenvalue weighted by Gasteiger charge is 2.06. The first-order valence-electron chi connectivity index (χ1n) is 9.27. The maximum atomic E-state index is 11.7. The highest BCUT2D eigenvalue weighted by molar-refractivity contribution is 5.94. The zero-order valence-corrected chi connectivity index (χ0v) is 16.9. The van der Waals surface area contributed by atoms with Crippen molar-refractivity contribution in [3.05, 3.63) is 69.8 Å². The van der Waals surface area contributed by atoms with Gasteiger partial charge < -0.3 is 16.0 Å². The van der Waals surface area contributed by atoms with Crippen molar-refractivity contribution in [3.63, 3.8) is 0 Å². The maximum absolute atomic E-state index is 11.7. The first-order valence-corrected chi connectivity index (χ1v) is 9.27. The van der Waals surface area contributed by atoms with Gasteiger partial charge in [-0.15, -0.1) is 0 Å². The number of amides is 1. The third-order valence-electron chi connectivity index (χ3n) is 4.62. The zero-order valence-electron chi connectivity index (χ0n) is 16.9. The Labute approximate surface area is 162 Å². The second-order valence-electron chi connectivity index (χ2n) is 6.76. The van der Waals surface area contributed by atoms with Crippen molar-refractivity contribution in [2.24, 2.45) is 4.99 Å². The minimum atomic E-state index is -0.0638. The van der Waals surface area contributed by atoms with E-state index in [-0.39, 0.29) is 5.91 Å². The lowest BCUT2D eigenvalue weighted by Gasteiger charge is -2.15. The Kier molecular flexibility index (Phi) is 7.41. The number of carbonyl (C=O) groups excluding carboxylic acids is 1. The number of aliphatic imine (C=N–C) groups is 1. The van der Waals surface area contributed by atoms with Crippen LogP contribution < -0.4 is 16.0 Å². The third-order valence-corrected chi connectivity index (χ3v) is 4.62. The van der Waals surface area contributed by atoms with E-state index in [1.54, 1.807) is 14.1 Å². The van der Waals surface area contributed by atoms with Gasteiger partial charge in [-0.05, 0) is 61.6 Å². The molecule has 2 aromatic carbocycles. The minimum absolute atomic E-state index is 0.0638. The van der Waals surface area contributed by atoms with E-state index in [4.69, 9.17) is 0 Å². The fraction of sp³-hybridized carbons (Fsp3) is 0.364. The van der Waals surface area contributed by atoms with E-state index >= 15 is 0 Å². The van der Waals surface area contributed by atoms with Crippen LogP contribution in [0, 0.1) is 20.8 Å². The number of nitrogens with one attached hydrogen (secondary N) is 3. The minimum Gasteiger partial charge on any atom is -0.356 e. The Morgan fingerprint density at radius 2 is 1.74 bits per heavy atom. The number of rotatable bonds is 6. The van der Waals surface area contributed by atoms with E-state index in [9.17, 15) is 4.79 Å². The van der Waals surface area contributed by atoms with Crippen LogP contribution in [0.15, 0.2) is 41.4 Å². The molecule has 0 bridgehead atoms. The molecule has 0 radical (unpaired) electrons. The van der Waals surface area contributed by atoms with Crippen LogP contribution in [-0.2, 0) is 13.0 Å². The Morgan fingerprint density at radius 1 is 1.04 bits per heavy atom. The molecular weight excluding hydrogens is 336 g/mol. The molecule has 0 unspecified atom stereocenters. The smallest absolute Gasteiger partial charge is 0.251 e. The van der Waals surface area contributed by atoms with Crippen LogP contribution in [0.5, 0.6) is 0 Å². The molecule has 0 heterocycles. The van der Waals surface area contributed by atoms with E-state index in [0.717, 1.165) is 31.0 Å². The number of aryl methyl sites for hydroxylation is 3. The van der Waals surface area contributed by atoms with Gasteiger partial charge in [0, 0.05) is 32.7 Å². The van der Waals surface area contributed by atoms with E-state index in [1.807, 2.05) is 24.3 Å². The molecule has 5 heteroatoms. The molecule has 0 aliphatic heterocycles. The van der Waals surface area contributed by atoms with Gasteiger partial charge in [-0.25, -0.2) is 0 Å². The van der Waals surface area contributed by atoms with Gasteiger partial charge in [-0.2, -0.15) is 0 Å². The summed E-state index contributed by atoms with van der Waals surface area (Å²) in [6.45, 7) is 7.89. The van der Waals surface area contributed by atoms with Gasteiger partial charge in [-0.1, -0.05) is 29.8 Å². The van der Waals surface area contributed by atoms with Crippen molar-refractivity contribution in [1.29, 1.82) is 0 Å². The molecule has 27 heavy (non-hydrogen) atoms. The molecule has 5 nitrogen and oxygen atoms in total. The van der Waals surface area contributed by atoms with Crippen LogP contribution in [0.3, 0.4) is 0 Å². The molecule has 1 amide bonds. The Balaban J connectivity index is 1.89. The normalized spacial score (nSPS) is 11.2. The predicted octanol–water partition coefficient (Wildman–Crippen LogP) is 2.88. The van der Waals surface area contributed by atoms with Crippen LogP contribution in [0.25, 0.3) is 0 Å². The second-order valence-corrected chi connectivity index (χ2v) is 6.76. The standard InChI is InChI=1S/C22H30N4O/c1-15-11-16(2)20(17(3)12-15)14-26-22(24-5)25-10-9-18-7-6-8-19(13-18)21(27)23-4/h6-8,11-13H,9-10,14H2,1-5H3,(H,23,27)(H2,24,25,26). The van der Waals surface area contributed by atoms with Crippen molar-refractivity contribution in [3.8, 4) is 0 Å². The fourth-order valence-corrected chi connectivity index (χ4v) is 3.22. The summed E-state index contributed by atoms with van der Waals surface area (Å²) in [5.41, 5.74) is 6.98. The summed E-state index contributed by atoms with van der Waals surface area (Å²) < 4.78 is 0. The highest BCUT2D eigenvalue weighted by Crippen LogP contribution is 2.16. The first-order chi connectivity index (χ1) is 12.9. The van der Waals surface area contributed by atoms with Gasteiger partial charge >= 0.3 is 0 Å². The lowest BCUT2D eigenvalue weighted by atomic mass is 10.00. The maximum Gasteiger partial charge on any atom is 0.251 e. The molecule has 0 aromatic heterocycles. The summed E-state index contributed by atoms with van der Waals surface area (Å²) in [6.07, 6.45) is 0.814. The summed E-state index contributed by atoms with van der Waals surface area (Å²) in [7, 11) is 3.42. The van der Waals surface area contributed by atoms with E-state index < -0.39 is 0 Å². The number of benzene rings is 2. The Bertz CT molecular complexity index is 804. The average Bonchev–Trinajstić information content (AvgIpc) is 2.65. The molecule has 0 spiro atoms. The quantitative estimate of drug-likeness (QED) is 0.544. The third kappa shape index (κ3) is 5.84. The molecule has 144 valence electrons. The molecule has 0 fully saturated rings. The topological polar surface area (TPSA) is 65.5 Å². The van der Waals surface area contributed by atoms with Gasteiger partial charge in [0.1, 0.15) is 0 Å². The van der Waals surface area contributed by atoms with E-state index in [0.29, 0.717) is 5.56 Å². The largest absolute Gasteiger partial charge is 0.356 e. The molecule has 0 aliphatic carbocycles. The summed E-state index contributed by atoms with van der Waals surface area (Å²) in [5, 5.41) is 9.38. The summed E-state index contributed by atoms with van der Waals surface area (Å²) in [4.78, 5) is 16.0. The molecule has 0 atom stereocenters. The van der Waals surface area contributed by atoms with Crippen molar-refractivity contribution in [2.45, 2.75) is 33.7 Å². The first kappa shape index (κ1) is 20.5. The second kappa shape index (κ2) is 9.76. The van der Waals surface area contributed by atoms with Crippen LogP contribution in [0.4, 0.5) is 0 Å². The van der Waals surface area contributed by atoms with Gasteiger partial charge in [0.05, 0.1) is 0 Å².